The summed E-state index contributed by atoms with van der Waals surface area (Å²) >= 11 is 3.44. The molecule has 0 saturated heterocycles. The molecule has 0 amide bonds. The minimum absolute atomic E-state index is 0.648. The summed E-state index contributed by atoms with van der Waals surface area (Å²) in [4.78, 5) is 1.59. The van der Waals surface area contributed by atoms with E-state index in [1.807, 2.05) is 43.3 Å². The Hall–Kier alpha value is -2.08. The van der Waals surface area contributed by atoms with Gasteiger partial charge in [0.2, 0.25) is 0 Å². The van der Waals surface area contributed by atoms with Crippen molar-refractivity contribution in [2.45, 2.75) is 6.92 Å². The Kier molecular flexibility index (Phi) is 3.31. The third-order valence-electron chi connectivity index (χ3n) is 2.90. The smallest absolute Gasteiger partial charge is 0.129 e. The first kappa shape index (κ1) is 12.9. The highest BCUT2D eigenvalue weighted by molar-refractivity contribution is 9.10. The van der Waals surface area contributed by atoms with Crippen molar-refractivity contribution in [3.05, 3.63) is 40.9 Å². The van der Waals surface area contributed by atoms with Gasteiger partial charge in [0.1, 0.15) is 16.8 Å². The van der Waals surface area contributed by atoms with Gasteiger partial charge in [-0.3, -0.25) is 0 Å². The third-order valence-corrected chi connectivity index (χ3v) is 3.73. The fourth-order valence-corrected chi connectivity index (χ4v) is 2.34. The van der Waals surface area contributed by atoms with Gasteiger partial charge in [0.05, 0.1) is 16.8 Å². The molecule has 0 fully saturated rings. The number of hydrogen-bond acceptors (Lipinski definition) is 4. The fraction of sp³-hybridized carbons (Fsp3) is 0.143. The highest BCUT2D eigenvalue weighted by Gasteiger charge is 2.10. The van der Waals surface area contributed by atoms with Gasteiger partial charge in [0.25, 0.3) is 0 Å². The van der Waals surface area contributed by atoms with Crippen LogP contribution in [0.1, 0.15) is 6.92 Å². The van der Waals surface area contributed by atoms with Crippen molar-refractivity contribution >= 4 is 32.7 Å². The molecule has 0 aliphatic heterocycles. The number of ether oxygens (including phenoxy) is 1. The molecule has 0 atom stereocenters. The lowest BCUT2D eigenvalue weighted by Gasteiger charge is -2.03. The van der Waals surface area contributed by atoms with Gasteiger partial charge in [-0.2, -0.15) is 4.80 Å². The molecule has 6 heteroatoms. The number of nitrogen functional groups attached to an aromatic ring is 1. The van der Waals surface area contributed by atoms with Gasteiger partial charge in [0, 0.05) is 5.69 Å². The zero-order chi connectivity index (χ0) is 14.1. The number of hydrogen-bond donors (Lipinski definition) is 1. The van der Waals surface area contributed by atoms with Gasteiger partial charge < -0.3 is 10.5 Å². The molecular formula is C14H13BrN4O. The SMILES string of the molecule is CCOc1ccc(-n2nc3ccc(N)c(Br)c3n2)cc1. The van der Waals surface area contributed by atoms with Crippen molar-refractivity contribution in [3.63, 3.8) is 0 Å². The lowest BCUT2D eigenvalue weighted by molar-refractivity contribution is 0.340. The van der Waals surface area contributed by atoms with Crippen LogP contribution >= 0.6 is 15.9 Å². The minimum atomic E-state index is 0.648. The highest BCUT2D eigenvalue weighted by Crippen LogP contribution is 2.27. The average Bonchev–Trinajstić information content (AvgIpc) is 2.89. The van der Waals surface area contributed by atoms with Gasteiger partial charge in [-0.25, -0.2) is 0 Å². The van der Waals surface area contributed by atoms with Crippen LogP contribution in [0, 0.1) is 0 Å². The molecule has 1 heterocycles. The van der Waals surface area contributed by atoms with Crippen molar-refractivity contribution in [2.75, 3.05) is 12.3 Å². The van der Waals surface area contributed by atoms with Crippen LogP contribution < -0.4 is 10.5 Å². The Bertz CT molecular complexity index is 752. The zero-order valence-corrected chi connectivity index (χ0v) is 12.5. The second-order valence-corrected chi connectivity index (χ2v) is 5.05. The van der Waals surface area contributed by atoms with Crippen LogP contribution in [0.4, 0.5) is 5.69 Å². The molecular weight excluding hydrogens is 320 g/mol. The summed E-state index contributed by atoms with van der Waals surface area (Å²) in [6.07, 6.45) is 0. The summed E-state index contributed by atoms with van der Waals surface area (Å²) in [7, 11) is 0. The average molecular weight is 333 g/mol. The Morgan fingerprint density at radius 3 is 2.60 bits per heavy atom. The van der Waals surface area contributed by atoms with Gasteiger partial charge in [-0.15, -0.1) is 10.2 Å². The van der Waals surface area contributed by atoms with Gasteiger partial charge >= 0.3 is 0 Å². The minimum Gasteiger partial charge on any atom is -0.494 e. The summed E-state index contributed by atoms with van der Waals surface area (Å²) in [6, 6.07) is 11.3. The van der Waals surface area contributed by atoms with E-state index in [2.05, 4.69) is 26.1 Å². The van der Waals surface area contributed by atoms with Crippen LogP contribution in [-0.2, 0) is 0 Å². The summed E-state index contributed by atoms with van der Waals surface area (Å²) in [5, 5.41) is 8.90. The number of anilines is 1. The van der Waals surface area contributed by atoms with Crippen LogP contribution in [0.3, 0.4) is 0 Å². The first-order valence-electron chi connectivity index (χ1n) is 6.23. The highest BCUT2D eigenvalue weighted by atomic mass is 79.9. The van der Waals surface area contributed by atoms with Gasteiger partial charge in [-0.05, 0) is 59.3 Å². The summed E-state index contributed by atoms with van der Waals surface area (Å²) in [6.45, 7) is 2.60. The molecule has 0 saturated carbocycles. The lowest BCUT2D eigenvalue weighted by atomic mass is 10.3. The van der Waals surface area contributed by atoms with Crippen LogP contribution in [0.15, 0.2) is 40.9 Å². The molecule has 2 N–H and O–H groups in total. The first-order valence-corrected chi connectivity index (χ1v) is 7.02. The molecule has 0 unspecified atom stereocenters. The van der Waals surface area contributed by atoms with Crippen molar-refractivity contribution < 1.29 is 4.74 Å². The van der Waals surface area contributed by atoms with Crippen molar-refractivity contribution in [1.29, 1.82) is 0 Å². The summed E-state index contributed by atoms with van der Waals surface area (Å²) < 4.78 is 6.19. The van der Waals surface area contributed by atoms with E-state index in [4.69, 9.17) is 10.5 Å². The quantitative estimate of drug-likeness (QED) is 0.748. The number of nitrogens with zero attached hydrogens (tertiary/aromatic N) is 3. The summed E-state index contributed by atoms with van der Waals surface area (Å²) in [5.74, 6) is 0.832. The maximum atomic E-state index is 5.85. The van der Waals surface area contributed by atoms with Crippen molar-refractivity contribution in [2.24, 2.45) is 0 Å². The van der Waals surface area contributed by atoms with Crippen LogP contribution in [0.2, 0.25) is 0 Å². The predicted molar refractivity (Wildman–Crippen MR) is 82.1 cm³/mol. The van der Waals surface area contributed by atoms with Crippen LogP contribution in [0.25, 0.3) is 16.7 Å². The number of fused-ring (bicyclic) bond motifs is 1. The first-order chi connectivity index (χ1) is 9.69. The molecule has 20 heavy (non-hydrogen) atoms. The third kappa shape index (κ3) is 2.22. The molecule has 5 nitrogen and oxygen atoms in total. The Morgan fingerprint density at radius 1 is 1.15 bits per heavy atom. The molecule has 1 aromatic heterocycles. The van der Waals surface area contributed by atoms with E-state index in [-0.39, 0.29) is 0 Å². The van der Waals surface area contributed by atoms with E-state index in [0.29, 0.717) is 12.3 Å². The fourth-order valence-electron chi connectivity index (χ4n) is 1.92. The molecule has 2 aromatic carbocycles. The molecule has 0 radical (unpaired) electrons. The maximum absolute atomic E-state index is 5.85. The molecule has 102 valence electrons. The predicted octanol–water partition coefficient (Wildman–Crippen LogP) is 3.16. The van der Waals surface area contributed by atoms with Crippen LogP contribution in [-0.4, -0.2) is 21.6 Å². The van der Waals surface area contributed by atoms with E-state index in [1.54, 1.807) is 4.80 Å². The van der Waals surface area contributed by atoms with Crippen molar-refractivity contribution in [3.8, 4) is 11.4 Å². The number of benzene rings is 2. The van der Waals surface area contributed by atoms with Crippen molar-refractivity contribution in [1.82, 2.24) is 15.0 Å². The topological polar surface area (TPSA) is 66.0 Å². The number of rotatable bonds is 3. The lowest BCUT2D eigenvalue weighted by Crippen LogP contribution is -1.98. The monoisotopic (exact) mass is 332 g/mol. The number of nitrogens with two attached hydrogens (primary N) is 1. The van der Waals surface area contributed by atoms with E-state index < -0.39 is 0 Å². The molecule has 3 rings (SSSR count). The standard InChI is InChI=1S/C14H13BrN4O/c1-2-20-10-5-3-9(4-6-10)19-17-12-8-7-11(16)13(15)14(12)18-19/h3-8H,2,16H2,1H3. The summed E-state index contributed by atoms with van der Waals surface area (Å²) in [5.41, 5.74) is 8.91. The number of halogens is 1. The Balaban J connectivity index is 2.03. The largest absolute Gasteiger partial charge is 0.494 e. The Morgan fingerprint density at radius 2 is 1.90 bits per heavy atom. The molecule has 3 aromatic rings. The van der Waals surface area contributed by atoms with E-state index >= 15 is 0 Å². The van der Waals surface area contributed by atoms with Gasteiger partial charge in [-0.1, -0.05) is 0 Å². The molecule has 0 spiro atoms. The normalized spacial score (nSPS) is 10.9. The van der Waals surface area contributed by atoms with Gasteiger partial charge in [0.15, 0.2) is 0 Å². The van der Waals surface area contributed by atoms with E-state index in [1.165, 1.54) is 0 Å². The number of aromatic nitrogens is 3. The van der Waals surface area contributed by atoms with Crippen LogP contribution in [0.5, 0.6) is 5.75 Å². The second-order valence-electron chi connectivity index (χ2n) is 4.25. The molecule has 0 aliphatic rings. The van der Waals surface area contributed by atoms with E-state index in [0.717, 1.165) is 26.9 Å². The maximum Gasteiger partial charge on any atom is 0.129 e. The Labute approximate surface area is 124 Å². The second kappa shape index (κ2) is 5.13. The zero-order valence-electron chi connectivity index (χ0n) is 10.9. The molecule has 0 bridgehead atoms. The molecule has 0 aliphatic carbocycles. The van der Waals surface area contributed by atoms with E-state index in [9.17, 15) is 0 Å².